The van der Waals surface area contributed by atoms with E-state index in [9.17, 15) is 35.1 Å². The molecule has 1 rings (SSSR count). The lowest BCUT2D eigenvalue weighted by Crippen LogP contribution is -2.60. The maximum atomic E-state index is 13.1. The first-order valence-corrected chi connectivity index (χ1v) is 30.6. The monoisotopic (exact) mass is 1040 g/mol. The second kappa shape index (κ2) is 52.4. The van der Waals surface area contributed by atoms with Crippen LogP contribution in [0.15, 0.2) is 60.8 Å². The fraction of sp³-hybridized carbons (Fsp3) is 0.810. The molecule has 0 aromatic rings. The summed E-state index contributed by atoms with van der Waals surface area (Å²) in [6.45, 7) is 4.24. The summed E-state index contributed by atoms with van der Waals surface area (Å²) in [5.41, 5.74) is 0. The van der Waals surface area contributed by atoms with Gasteiger partial charge < -0.3 is 45.1 Å². The summed E-state index contributed by atoms with van der Waals surface area (Å²) in [6.07, 6.45) is 57.2. The Bertz CT molecular complexity index is 1410. The van der Waals surface area contributed by atoms with Crippen LogP contribution in [0.25, 0.3) is 0 Å². The molecule has 0 aromatic heterocycles. The molecule has 1 saturated heterocycles. The van der Waals surface area contributed by atoms with E-state index >= 15 is 0 Å². The van der Waals surface area contributed by atoms with Crippen LogP contribution >= 0.6 is 0 Å². The number of allylic oxidation sites excluding steroid dienone is 9. The van der Waals surface area contributed by atoms with Gasteiger partial charge in [0.1, 0.15) is 24.4 Å². The molecule has 1 aliphatic heterocycles. The molecule has 7 unspecified atom stereocenters. The third kappa shape index (κ3) is 41.5. The third-order valence-corrected chi connectivity index (χ3v) is 14.1. The van der Waals surface area contributed by atoms with E-state index in [4.69, 9.17) is 14.2 Å². The minimum Gasteiger partial charge on any atom is -0.466 e. The molecule has 0 radical (unpaired) electrons. The highest BCUT2D eigenvalue weighted by atomic mass is 16.7. The fourth-order valence-corrected chi connectivity index (χ4v) is 9.19. The van der Waals surface area contributed by atoms with Gasteiger partial charge in [-0.1, -0.05) is 216 Å². The number of hydrogen-bond acceptors (Lipinski definition) is 10. The molecule has 11 nitrogen and oxygen atoms in total. The summed E-state index contributed by atoms with van der Waals surface area (Å²) in [5, 5.41) is 54.5. The minimum atomic E-state index is -1.58. The number of aliphatic hydroxyl groups is 5. The van der Waals surface area contributed by atoms with E-state index in [0.29, 0.717) is 19.4 Å². The van der Waals surface area contributed by atoms with Crippen molar-refractivity contribution in [1.82, 2.24) is 5.32 Å². The molecule has 1 amide bonds. The smallest absolute Gasteiger partial charge is 0.305 e. The second-order valence-corrected chi connectivity index (χ2v) is 21.0. The van der Waals surface area contributed by atoms with Gasteiger partial charge in [0.05, 0.1) is 32.0 Å². The standard InChI is InChI=1S/C63H113NO10/c1-3-5-7-9-11-13-15-17-22-25-29-33-37-41-45-49-56(66)55(54-73-63-62(71)61(70)60(69)57(53-65)74-63)64-58(67)50-46-42-38-34-30-26-23-20-19-21-24-28-32-36-40-44-48-52-72-59(68)51-47-43-39-35-31-27-18-16-14-12-10-8-6-4-2/h10,12,16,18-19,21,28,32,45,49,55-57,60-63,65-66,69-71H,3-9,11,13-15,17,20,22-27,29-31,33-44,46-48,50-54H2,1-2H3,(H,64,67)/b12-10-,18-16-,21-19-,32-28-,49-45+. The highest BCUT2D eigenvalue weighted by Crippen LogP contribution is 2.23. The van der Waals surface area contributed by atoms with Gasteiger partial charge in [-0.2, -0.15) is 0 Å². The van der Waals surface area contributed by atoms with Gasteiger partial charge in [0.2, 0.25) is 5.91 Å². The van der Waals surface area contributed by atoms with Crippen molar-refractivity contribution >= 4 is 11.9 Å². The summed E-state index contributed by atoms with van der Waals surface area (Å²) >= 11 is 0. The molecule has 7 atom stereocenters. The van der Waals surface area contributed by atoms with E-state index in [0.717, 1.165) is 109 Å². The molecule has 1 heterocycles. The lowest BCUT2D eigenvalue weighted by atomic mass is 9.99. The minimum absolute atomic E-state index is 0.0475. The topological polar surface area (TPSA) is 175 Å². The number of carbonyl (C=O) groups is 2. The maximum absolute atomic E-state index is 13.1. The largest absolute Gasteiger partial charge is 0.466 e. The van der Waals surface area contributed by atoms with Crippen LogP contribution in [0.5, 0.6) is 0 Å². The van der Waals surface area contributed by atoms with Crippen molar-refractivity contribution in [2.24, 2.45) is 0 Å². The van der Waals surface area contributed by atoms with E-state index in [1.54, 1.807) is 6.08 Å². The fourth-order valence-electron chi connectivity index (χ4n) is 9.19. The number of rotatable bonds is 52. The molecular formula is C63H113NO10. The molecule has 0 bridgehead atoms. The van der Waals surface area contributed by atoms with Crippen LogP contribution in [-0.2, 0) is 23.8 Å². The molecule has 6 N–H and O–H groups in total. The lowest BCUT2D eigenvalue weighted by molar-refractivity contribution is -0.302. The molecule has 0 spiro atoms. The number of nitrogens with one attached hydrogen (secondary N) is 1. The van der Waals surface area contributed by atoms with Gasteiger partial charge >= 0.3 is 5.97 Å². The molecule has 11 heteroatoms. The number of esters is 1. The normalized spacial score (nSPS) is 19.3. The molecule has 0 saturated carbocycles. The van der Waals surface area contributed by atoms with Crippen LogP contribution in [0.3, 0.4) is 0 Å². The summed E-state index contributed by atoms with van der Waals surface area (Å²) in [5.74, 6) is -0.246. The molecule has 1 aliphatic rings. The second-order valence-electron chi connectivity index (χ2n) is 21.0. The molecule has 74 heavy (non-hydrogen) atoms. The van der Waals surface area contributed by atoms with Crippen LogP contribution in [0.1, 0.15) is 264 Å². The SMILES string of the molecule is CCCC/C=C\C/C=C\CCCCCCCC(=O)OCCCCC/C=C\C/C=C\CCCCCCCCCC(=O)NC(COC1OC(CO)C(O)C(O)C1O)C(O)/C=C/CCCCCCCCCCCCCCC. The number of unbranched alkanes of at least 4 members (excludes halogenated alkanes) is 30. The molecular weight excluding hydrogens is 931 g/mol. The zero-order valence-corrected chi connectivity index (χ0v) is 47.3. The van der Waals surface area contributed by atoms with Gasteiger partial charge in [0, 0.05) is 12.8 Å². The Balaban J connectivity index is 2.15. The molecule has 430 valence electrons. The lowest BCUT2D eigenvalue weighted by Gasteiger charge is -2.40. The zero-order valence-electron chi connectivity index (χ0n) is 47.3. The van der Waals surface area contributed by atoms with Gasteiger partial charge in [0.15, 0.2) is 6.29 Å². The number of hydrogen-bond donors (Lipinski definition) is 6. The number of ether oxygens (including phenoxy) is 3. The first kappa shape index (κ1) is 69.4. The molecule has 1 fully saturated rings. The van der Waals surface area contributed by atoms with Gasteiger partial charge in [-0.15, -0.1) is 0 Å². The first-order chi connectivity index (χ1) is 36.2. The number of carbonyl (C=O) groups excluding carboxylic acids is 2. The van der Waals surface area contributed by atoms with Gasteiger partial charge in [-0.25, -0.2) is 0 Å². The Morgan fingerprint density at radius 1 is 0.500 bits per heavy atom. The Kier molecular flexibility index (Phi) is 49.1. The highest BCUT2D eigenvalue weighted by Gasteiger charge is 2.44. The summed E-state index contributed by atoms with van der Waals surface area (Å²) in [4.78, 5) is 25.1. The average Bonchev–Trinajstić information content (AvgIpc) is 3.40. The Hall–Kier alpha value is -2.64. The maximum Gasteiger partial charge on any atom is 0.305 e. The van der Waals surface area contributed by atoms with Crippen molar-refractivity contribution in [2.75, 3.05) is 19.8 Å². The first-order valence-electron chi connectivity index (χ1n) is 30.6. The van der Waals surface area contributed by atoms with Crippen molar-refractivity contribution in [3.63, 3.8) is 0 Å². The predicted molar refractivity (Wildman–Crippen MR) is 306 cm³/mol. The Morgan fingerprint density at radius 2 is 0.919 bits per heavy atom. The van der Waals surface area contributed by atoms with Crippen LogP contribution in [-0.4, -0.2) is 100 Å². The van der Waals surface area contributed by atoms with Crippen molar-refractivity contribution in [3.8, 4) is 0 Å². The van der Waals surface area contributed by atoms with Crippen LogP contribution in [0, 0.1) is 0 Å². The molecule has 0 aromatic carbocycles. The summed E-state index contributed by atoms with van der Waals surface area (Å²) in [6, 6.07) is -0.824. The molecule has 0 aliphatic carbocycles. The van der Waals surface area contributed by atoms with Crippen molar-refractivity contribution in [1.29, 1.82) is 0 Å². The van der Waals surface area contributed by atoms with Crippen LogP contribution in [0.4, 0.5) is 0 Å². The van der Waals surface area contributed by atoms with Crippen molar-refractivity contribution in [2.45, 2.75) is 307 Å². The van der Waals surface area contributed by atoms with E-state index in [2.05, 4.69) is 67.8 Å². The van der Waals surface area contributed by atoms with E-state index in [-0.39, 0.29) is 18.5 Å². The van der Waals surface area contributed by atoms with Gasteiger partial charge in [-0.3, -0.25) is 9.59 Å². The Morgan fingerprint density at radius 3 is 1.41 bits per heavy atom. The highest BCUT2D eigenvalue weighted by molar-refractivity contribution is 5.76. The van der Waals surface area contributed by atoms with E-state index in [1.165, 1.54) is 128 Å². The summed E-state index contributed by atoms with van der Waals surface area (Å²) in [7, 11) is 0. The van der Waals surface area contributed by atoms with Crippen LogP contribution in [0.2, 0.25) is 0 Å². The van der Waals surface area contributed by atoms with Crippen molar-refractivity contribution in [3.05, 3.63) is 60.8 Å². The van der Waals surface area contributed by atoms with E-state index in [1.807, 2.05) is 6.08 Å². The number of amides is 1. The summed E-state index contributed by atoms with van der Waals surface area (Å²) < 4.78 is 16.7. The predicted octanol–water partition coefficient (Wildman–Crippen LogP) is 14.2. The van der Waals surface area contributed by atoms with Crippen LogP contribution < -0.4 is 5.32 Å². The quantitative estimate of drug-likeness (QED) is 0.0195. The Labute approximate surface area is 452 Å². The third-order valence-electron chi connectivity index (χ3n) is 14.1. The number of aliphatic hydroxyl groups excluding tert-OH is 5. The van der Waals surface area contributed by atoms with Crippen molar-refractivity contribution < 1.29 is 49.3 Å². The average molecular weight is 1040 g/mol. The van der Waals surface area contributed by atoms with Gasteiger partial charge in [-0.05, 0) is 96.3 Å². The van der Waals surface area contributed by atoms with Gasteiger partial charge in [0.25, 0.3) is 0 Å². The van der Waals surface area contributed by atoms with E-state index < -0.39 is 49.5 Å². The zero-order chi connectivity index (χ0) is 53.8.